The molecule has 0 saturated heterocycles. The van der Waals surface area contributed by atoms with Crippen molar-refractivity contribution in [2.75, 3.05) is 0 Å². The number of benzene rings is 1. The van der Waals surface area contributed by atoms with E-state index in [9.17, 15) is 13.6 Å². The van der Waals surface area contributed by atoms with E-state index < -0.39 is 6.61 Å². The van der Waals surface area contributed by atoms with Gasteiger partial charge < -0.3 is 15.8 Å². The van der Waals surface area contributed by atoms with E-state index in [2.05, 4.69) is 10.1 Å². The number of amides is 1. The van der Waals surface area contributed by atoms with E-state index in [1.165, 1.54) is 18.2 Å². The van der Waals surface area contributed by atoms with Crippen LogP contribution < -0.4 is 15.8 Å². The van der Waals surface area contributed by atoms with Crippen molar-refractivity contribution in [3.05, 3.63) is 28.8 Å². The first kappa shape index (κ1) is 19.9. The number of nitrogens with two attached hydrogens (primary N) is 1. The average molecular weight is 343 g/mol. The van der Waals surface area contributed by atoms with Gasteiger partial charge in [0.1, 0.15) is 5.75 Å². The molecule has 0 spiro atoms. The van der Waals surface area contributed by atoms with Crippen LogP contribution in [0.4, 0.5) is 8.78 Å². The second kappa shape index (κ2) is 9.76. The van der Waals surface area contributed by atoms with E-state index in [0.29, 0.717) is 17.0 Å². The van der Waals surface area contributed by atoms with Crippen molar-refractivity contribution < 1.29 is 18.3 Å². The zero-order chi connectivity index (χ0) is 15.1. The molecule has 3 N–H and O–H groups in total. The van der Waals surface area contributed by atoms with Crippen LogP contribution in [0.15, 0.2) is 18.2 Å². The average Bonchev–Trinajstić information content (AvgIpc) is 2.36. The Hall–Kier alpha value is -1.11. The number of halogens is 4. The molecule has 1 aromatic rings. The fourth-order valence-corrected chi connectivity index (χ4v) is 1.73. The van der Waals surface area contributed by atoms with Crippen LogP contribution in [0.3, 0.4) is 0 Å². The third-order valence-electron chi connectivity index (χ3n) is 2.54. The largest absolute Gasteiger partial charge is 0.434 e. The van der Waals surface area contributed by atoms with Gasteiger partial charge in [0.05, 0.1) is 0 Å². The molecule has 1 atom stereocenters. The highest BCUT2D eigenvalue weighted by Gasteiger charge is 2.11. The minimum Gasteiger partial charge on any atom is -0.434 e. The Morgan fingerprint density at radius 1 is 1.48 bits per heavy atom. The molecule has 1 aromatic carbocycles. The third kappa shape index (κ3) is 8.04. The molecular formula is C13H18Cl2F2N2O2. The number of alkyl halides is 2. The van der Waals surface area contributed by atoms with Crippen LogP contribution in [-0.2, 0) is 11.3 Å². The van der Waals surface area contributed by atoms with Gasteiger partial charge in [0, 0.05) is 29.6 Å². The molecule has 0 bridgehead atoms. The summed E-state index contributed by atoms with van der Waals surface area (Å²) in [7, 11) is 0. The van der Waals surface area contributed by atoms with Crippen LogP contribution in [0.25, 0.3) is 0 Å². The predicted octanol–water partition coefficient (Wildman–Crippen LogP) is 3.11. The number of rotatable bonds is 7. The zero-order valence-electron chi connectivity index (χ0n) is 11.4. The van der Waals surface area contributed by atoms with Crippen LogP contribution in [0, 0.1) is 0 Å². The van der Waals surface area contributed by atoms with Crippen LogP contribution >= 0.6 is 24.0 Å². The standard InChI is InChI=1S/C13H17ClF2N2O2.ClH/c1-8(17)2-5-12(19)18-7-9-6-10(14)3-4-11(9)20-13(15)16;/h3-4,6,8,13H,2,5,7,17H2,1H3,(H,18,19);1H. The molecule has 0 aliphatic rings. The van der Waals surface area contributed by atoms with E-state index in [1.807, 2.05) is 0 Å². The van der Waals surface area contributed by atoms with Crippen LogP contribution in [0.2, 0.25) is 5.02 Å². The van der Waals surface area contributed by atoms with Crippen molar-refractivity contribution in [1.29, 1.82) is 0 Å². The summed E-state index contributed by atoms with van der Waals surface area (Å²) in [5.74, 6) is -0.206. The lowest BCUT2D eigenvalue weighted by atomic mass is 10.1. The summed E-state index contributed by atoms with van der Waals surface area (Å²) in [6, 6.07) is 4.20. The fraction of sp³-hybridized carbons (Fsp3) is 0.462. The first-order valence-corrected chi connectivity index (χ1v) is 6.51. The number of carbonyl (C=O) groups excluding carboxylic acids is 1. The summed E-state index contributed by atoms with van der Waals surface area (Å²) in [5.41, 5.74) is 5.94. The maximum atomic E-state index is 12.3. The number of hydrogen-bond donors (Lipinski definition) is 2. The predicted molar refractivity (Wildman–Crippen MR) is 80.1 cm³/mol. The van der Waals surface area contributed by atoms with Crippen LogP contribution in [-0.4, -0.2) is 18.6 Å². The number of nitrogens with one attached hydrogen (secondary N) is 1. The monoisotopic (exact) mass is 342 g/mol. The molecule has 0 aliphatic carbocycles. The molecule has 120 valence electrons. The third-order valence-corrected chi connectivity index (χ3v) is 2.78. The van der Waals surface area contributed by atoms with E-state index >= 15 is 0 Å². The van der Waals surface area contributed by atoms with Crippen molar-refractivity contribution in [3.8, 4) is 5.75 Å². The van der Waals surface area contributed by atoms with Gasteiger partial charge in [-0.25, -0.2) is 0 Å². The summed E-state index contributed by atoms with van der Waals surface area (Å²) in [5, 5.41) is 3.00. The molecule has 8 heteroatoms. The quantitative estimate of drug-likeness (QED) is 0.800. The molecule has 4 nitrogen and oxygen atoms in total. The van der Waals surface area contributed by atoms with Gasteiger partial charge in [-0.15, -0.1) is 12.4 Å². The van der Waals surface area contributed by atoms with Gasteiger partial charge in [-0.2, -0.15) is 8.78 Å². The molecule has 0 heterocycles. The van der Waals surface area contributed by atoms with Crippen molar-refractivity contribution in [2.24, 2.45) is 5.73 Å². The fourth-order valence-electron chi connectivity index (χ4n) is 1.54. The maximum absolute atomic E-state index is 12.3. The highest BCUT2D eigenvalue weighted by atomic mass is 35.5. The number of hydrogen-bond acceptors (Lipinski definition) is 3. The Morgan fingerprint density at radius 2 is 2.14 bits per heavy atom. The normalized spacial score (nSPS) is 11.7. The minimum absolute atomic E-state index is 0. The van der Waals surface area contributed by atoms with E-state index in [4.69, 9.17) is 17.3 Å². The smallest absolute Gasteiger partial charge is 0.387 e. The summed E-state index contributed by atoms with van der Waals surface area (Å²) in [6.45, 7) is -1.05. The molecule has 0 aliphatic heterocycles. The van der Waals surface area contributed by atoms with Crippen molar-refractivity contribution in [3.63, 3.8) is 0 Å². The first-order chi connectivity index (χ1) is 9.38. The molecule has 1 amide bonds. The van der Waals surface area contributed by atoms with Crippen LogP contribution in [0.5, 0.6) is 5.75 Å². The van der Waals surface area contributed by atoms with Gasteiger partial charge in [0.2, 0.25) is 5.91 Å². The molecule has 1 unspecified atom stereocenters. The summed E-state index contributed by atoms with van der Waals surface area (Å²) < 4.78 is 28.9. The first-order valence-electron chi connectivity index (χ1n) is 6.14. The van der Waals surface area contributed by atoms with Gasteiger partial charge in [-0.1, -0.05) is 11.6 Å². The van der Waals surface area contributed by atoms with E-state index in [0.717, 1.165) is 0 Å². The number of ether oxygens (including phenoxy) is 1. The Morgan fingerprint density at radius 3 is 2.71 bits per heavy atom. The van der Waals surface area contributed by atoms with E-state index in [-0.39, 0.29) is 43.1 Å². The topological polar surface area (TPSA) is 64.4 Å². The van der Waals surface area contributed by atoms with Gasteiger partial charge in [-0.05, 0) is 31.5 Å². The van der Waals surface area contributed by atoms with Crippen molar-refractivity contribution in [1.82, 2.24) is 5.32 Å². The Bertz CT molecular complexity index is 460. The van der Waals surface area contributed by atoms with Gasteiger partial charge in [0.25, 0.3) is 0 Å². The Labute approximate surface area is 133 Å². The van der Waals surface area contributed by atoms with Crippen LogP contribution in [0.1, 0.15) is 25.3 Å². The Kier molecular flexibility index (Phi) is 9.24. The summed E-state index contributed by atoms with van der Waals surface area (Å²) >= 11 is 5.80. The highest BCUT2D eigenvalue weighted by Crippen LogP contribution is 2.24. The molecule has 21 heavy (non-hydrogen) atoms. The second-order valence-electron chi connectivity index (χ2n) is 4.42. The molecular weight excluding hydrogens is 325 g/mol. The van der Waals surface area contributed by atoms with Gasteiger partial charge >= 0.3 is 6.61 Å². The van der Waals surface area contributed by atoms with Crippen molar-refractivity contribution in [2.45, 2.75) is 39.0 Å². The summed E-state index contributed by atoms with van der Waals surface area (Å²) in [4.78, 5) is 11.6. The lowest BCUT2D eigenvalue weighted by Gasteiger charge is -2.12. The van der Waals surface area contributed by atoms with Gasteiger partial charge in [-0.3, -0.25) is 4.79 Å². The number of carbonyl (C=O) groups is 1. The maximum Gasteiger partial charge on any atom is 0.387 e. The molecule has 0 fully saturated rings. The molecule has 0 saturated carbocycles. The molecule has 1 rings (SSSR count). The van der Waals surface area contributed by atoms with Gasteiger partial charge in [0.15, 0.2) is 0 Å². The summed E-state index contributed by atoms with van der Waals surface area (Å²) in [6.07, 6.45) is 0.838. The SMILES string of the molecule is CC(N)CCC(=O)NCc1cc(Cl)ccc1OC(F)F.Cl. The highest BCUT2D eigenvalue weighted by molar-refractivity contribution is 6.30. The lowest BCUT2D eigenvalue weighted by molar-refractivity contribution is -0.121. The second-order valence-corrected chi connectivity index (χ2v) is 4.86. The van der Waals surface area contributed by atoms with E-state index in [1.54, 1.807) is 6.92 Å². The lowest BCUT2D eigenvalue weighted by Crippen LogP contribution is -2.25. The van der Waals surface area contributed by atoms with Crippen molar-refractivity contribution >= 4 is 29.9 Å². The Balaban J connectivity index is 0.00000400. The molecule has 0 radical (unpaired) electrons. The zero-order valence-corrected chi connectivity index (χ0v) is 13.0. The minimum atomic E-state index is -2.93. The molecule has 0 aromatic heterocycles.